The van der Waals surface area contributed by atoms with Crippen molar-refractivity contribution in [1.29, 1.82) is 0 Å². The quantitative estimate of drug-likeness (QED) is 0.661. The number of hydrogen-bond donors (Lipinski definition) is 0. The summed E-state index contributed by atoms with van der Waals surface area (Å²) in [4.78, 5) is 13.2. The molecule has 1 heterocycles. The lowest BCUT2D eigenvalue weighted by Gasteiger charge is -2.34. The zero-order valence-corrected chi connectivity index (χ0v) is 8.58. The van der Waals surface area contributed by atoms with Gasteiger partial charge in [0, 0.05) is 12.6 Å². The second kappa shape index (κ2) is 5.10. The number of carbonyl (C=O) groups excluding carboxylic acids is 1. The molecule has 0 aromatic rings. The van der Waals surface area contributed by atoms with Crippen LogP contribution in [0, 0.1) is 0 Å². The molecule has 1 atom stereocenters. The maximum Gasteiger partial charge on any atom is 0.409 e. The van der Waals surface area contributed by atoms with Crippen LogP contribution < -0.4 is 0 Å². The van der Waals surface area contributed by atoms with Crippen LogP contribution in [0.1, 0.15) is 39.0 Å². The summed E-state index contributed by atoms with van der Waals surface area (Å²) < 4.78 is 4.75. The molecule has 0 aromatic heterocycles. The van der Waals surface area contributed by atoms with E-state index >= 15 is 0 Å². The predicted octanol–water partition coefficient (Wildman–Crippen LogP) is 2.41. The maximum absolute atomic E-state index is 11.4. The standard InChI is InChI=1S/C10H19NO2/c1-3-6-9-7-4-5-8-11(9)10(12)13-2/h9H,3-8H2,1-2H3/t9-/m1/s1. The first-order valence-electron chi connectivity index (χ1n) is 5.14. The minimum absolute atomic E-state index is 0.154. The third-order valence-electron chi connectivity index (χ3n) is 2.66. The SMILES string of the molecule is CCC[C@@H]1CCCCN1C(=O)OC. The van der Waals surface area contributed by atoms with Crippen molar-refractivity contribution in [2.45, 2.75) is 45.1 Å². The van der Waals surface area contributed by atoms with E-state index in [2.05, 4.69) is 6.92 Å². The number of methoxy groups -OCH3 is 1. The van der Waals surface area contributed by atoms with Gasteiger partial charge in [0.2, 0.25) is 0 Å². The molecule has 0 bridgehead atoms. The number of rotatable bonds is 2. The Labute approximate surface area is 80.1 Å². The van der Waals surface area contributed by atoms with E-state index in [4.69, 9.17) is 4.74 Å². The van der Waals surface area contributed by atoms with Gasteiger partial charge in [0.15, 0.2) is 0 Å². The topological polar surface area (TPSA) is 29.5 Å². The zero-order chi connectivity index (χ0) is 9.68. The van der Waals surface area contributed by atoms with E-state index in [9.17, 15) is 4.79 Å². The molecule has 0 N–H and O–H groups in total. The van der Waals surface area contributed by atoms with Gasteiger partial charge in [-0.2, -0.15) is 0 Å². The Hall–Kier alpha value is -0.730. The van der Waals surface area contributed by atoms with Gasteiger partial charge in [-0.15, -0.1) is 0 Å². The van der Waals surface area contributed by atoms with Crippen molar-refractivity contribution in [2.24, 2.45) is 0 Å². The lowest BCUT2D eigenvalue weighted by molar-refractivity contribution is 0.0867. The van der Waals surface area contributed by atoms with Gasteiger partial charge in [0.25, 0.3) is 0 Å². The Kier molecular flexibility index (Phi) is 4.06. The molecule has 76 valence electrons. The first-order valence-corrected chi connectivity index (χ1v) is 5.14. The Morgan fingerprint density at radius 2 is 2.31 bits per heavy atom. The fourth-order valence-corrected chi connectivity index (χ4v) is 1.99. The van der Waals surface area contributed by atoms with Gasteiger partial charge in [-0.3, -0.25) is 0 Å². The summed E-state index contributed by atoms with van der Waals surface area (Å²) in [5.41, 5.74) is 0. The molecule has 0 unspecified atom stereocenters. The Morgan fingerprint density at radius 1 is 1.54 bits per heavy atom. The van der Waals surface area contributed by atoms with Crippen LogP contribution in [0.2, 0.25) is 0 Å². The third-order valence-corrected chi connectivity index (χ3v) is 2.66. The van der Waals surface area contributed by atoms with Gasteiger partial charge in [-0.25, -0.2) is 4.79 Å². The summed E-state index contributed by atoms with van der Waals surface area (Å²) in [6.07, 6.45) is 5.60. The summed E-state index contributed by atoms with van der Waals surface area (Å²) in [7, 11) is 1.46. The van der Waals surface area contributed by atoms with Gasteiger partial charge in [0.1, 0.15) is 0 Å². The van der Waals surface area contributed by atoms with Gasteiger partial charge >= 0.3 is 6.09 Å². The molecule has 0 saturated carbocycles. The molecule has 0 aromatic carbocycles. The first-order chi connectivity index (χ1) is 6.29. The molecule has 1 rings (SSSR count). The summed E-state index contributed by atoms with van der Waals surface area (Å²) in [6, 6.07) is 0.422. The fourth-order valence-electron chi connectivity index (χ4n) is 1.99. The van der Waals surface area contributed by atoms with Gasteiger partial charge in [0.05, 0.1) is 7.11 Å². The average molecular weight is 185 g/mol. The molecular weight excluding hydrogens is 166 g/mol. The van der Waals surface area contributed by atoms with E-state index in [1.54, 1.807) is 0 Å². The second-order valence-electron chi connectivity index (χ2n) is 3.60. The highest BCUT2D eigenvalue weighted by Gasteiger charge is 2.26. The van der Waals surface area contributed by atoms with Gasteiger partial charge < -0.3 is 9.64 Å². The highest BCUT2D eigenvalue weighted by molar-refractivity contribution is 5.67. The van der Waals surface area contributed by atoms with Crippen molar-refractivity contribution in [2.75, 3.05) is 13.7 Å². The van der Waals surface area contributed by atoms with Crippen LogP contribution >= 0.6 is 0 Å². The Bertz CT molecular complexity index is 168. The summed E-state index contributed by atoms with van der Waals surface area (Å²) >= 11 is 0. The molecule has 1 aliphatic rings. The maximum atomic E-state index is 11.4. The van der Waals surface area contributed by atoms with Crippen molar-refractivity contribution in [1.82, 2.24) is 4.90 Å². The molecule has 0 aliphatic carbocycles. The zero-order valence-electron chi connectivity index (χ0n) is 8.58. The number of hydrogen-bond acceptors (Lipinski definition) is 2. The van der Waals surface area contributed by atoms with Crippen LogP contribution in [-0.4, -0.2) is 30.7 Å². The van der Waals surface area contributed by atoms with E-state index in [-0.39, 0.29) is 6.09 Å². The van der Waals surface area contributed by atoms with Crippen LogP contribution in [-0.2, 0) is 4.74 Å². The Morgan fingerprint density at radius 3 is 2.92 bits per heavy atom. The highest BCUT2D eigenvalue weighted by atomic mass is 16.5. The molecule has 13 heavy (non-hydrogen) atoms. The number of nitrogens with zero attached hydrogens (tertiary/aromatic N) is 1. The van der Waals surface area contributed by atoms with E-state index < -0.39 is 0 Å². The summed E-state index contributed by atoms with van der Waals surface area (Å²) in [6.45, 7) is 3.03. The first kappa shape index (κ1) is 10.4. The summed E-state index contributed by atoms with van der Waals surface area (Å²) in [5, 5.41) is 0. The van der Waals surface area contributed by atoms with E-state index in [0.29, 0.717) is 6.04 Å². The van der Waals surface area contributed by atoms with Crippen molar-refractivity contribution >= 4 is 6.09 Å². The number of ether oxygens (including phenoxy) is 1. The molecule has 1 saturated heterocycles. The smallest absolute Gasteiger partial charge is 0.409 e. The lowest BCUT2D eigenvalue weighted by atomic mass is 9.99. The van der Waals surface area contributed by atoms with Crippen LogP contribution in [0.4, 0.5) is 4.79 Å². The molecular formula is C10H19NO2. The molecule has 0 radical (unpaired) electrons. The molecule has 0 spiro atoms. The lowest BCUT2D eigenvalue weighted by Crippen LogP contribution is -2.43. The Balaban J connectivity index is 2.50. The highest BCUT2D eigenvalue weighted by Crippen LogP contribution is 2.21. The van der Waals surface area contributed by atoms with Gasteiger partial charge in [-0.05, 0) is 25.7 Å². The van der Waals surface area contributed by atoms with Gasteiger partial charge in [-0.1, -0.05) is 13.3 Å². The average Bonchev–Trinajstić information content (AvgIpc) is 2.18. The molecule has 1 fully saturated rings. The van der Waals surface area contributed by atoms with Crippen molar-refractivity contribution in [3.8, 4) is 0 Å². The van der Waals surface area contributed by atoms with Crippen LogP contribution in [0.5, 0.6) is 0 Å². The van der Waals surface area contributed by atoms with Crippen molar-refractivity contribution < 1.29 is 9.53 Å². The van der Waals surface area contributed by atoms with E-state index in [1.165, 1.54) is 13.5 Å². The normalized spacial score (nSPS) is 22.9. The van der Waals surface area contributed by atoms with E-state index in [0.717, 1.165) is 32.2 Å². The molecule has 3 heteroatoms. The van der Waals surface area contributed by atoms with E-state index in [1.807, 2.05) is 4.90 Å². The predicted molar refractivity (Wildman–Crippen MR) is 51.7 cm³/mol. The fraction of sp³-hybridized carbons (Fsp3) is 0.900. The van der Waals surface area contributed by atoms with Crippen molar-refractivity contribution in [3.63, 3.8) is 0 Å². The van der Waals surface area contributed by atoms with Crippen LogP contribution in [0.25, 0.3) is 0 Å². The number of carbonyl (C=O) groups is 1. The van der Waals surface area contributed by atoms with Crippen LogP contribution in [0.15, 0.2) is 0 Å². The van der Waals surface area contributed by atoms with Crippen molar-refractivity contribution in [3.05, 3.63) is 0 Å². The summed E-state index contributed by atoms with van der Waals surface area (Å²) in [5.74, 6) is 0. The monoisotopic (exact) mass is 185 g/mol. The molecule has 3 nitrogen and oxygen atoms in total. The number of amides is 1. The minimum Gasteiger partial charge on any atom is -0.453 e. The second-order valence-corrected chi connectivity index (χ2v) is 3.60. The number of likely N-dealkylation sites (tertiary alicyclic amines) is 1. The largest absolute Gasteiger partial charge is 0.453 e. The molecule has 1 aliphatic heterocycles. The molecule has 1 amide bonds. The van der Waals surface area contributed by atoms with Crippen LogP contribution in [0.3, 0.4) is 0 Å². The third kappa shape index (κ3) is 2.61. The number of piperidine rings is 1. The minimum atomic E-state index is -0.154.